The zero-order valence-corrected chi connectivity index (χ0v) is 9.33. The molecule has 0 radical (unpaired) electrons. The third kappa shape index (κ3) is 3.29. The molecular weight excluding hydrogens is 191 g/mol. The first kappa shape index (κ1) is 14.1. The van der Waals surface area contributed by atoms with E-state index in [9.17, 15) is 14.7 Å². The number of Topliss-reactive ketones (excluding diaryl/α,β-unsaturated/α-hetero) is 1. The van der Waals surface area contributed by atoms with Crippen LogP contribution in [0.1, 0.15) is 20.8 Å². The summed E-state index contributed by atoms with van der Waals surface area (Å²) in [5.41, 5.74) is -0.883. The molecule has 0 aromatic carbocycles. The summed E-state index contributed by atoms with van der Waals surface area (Å²) in [6.07, 6.45) is 0. The molecule has 76 valence electrons. The molecule has 0 N–H and O–H groups in total. The summed E-state index contributed by atoms with van der Waals surface area (Å²) in [6, 6.07) is 0. The van der Waals surface area contributed by atoms with Crippen molar-refractivity contribution in [2.24, 2.45) is 15.4 Å². The minimum Gasteiger partial charge on any atom is -0.543 e. The maximum Gasteiger partial charge on any atom is 1.00 e. The molecule has 15 heavy (non-hydrogen) atoms. The molecule has 6 heteroatoms. The standard InChI is InChI=1S/C9H12N2O3.Li/c1-9(2,3)8-10-4-5(12)6(11-8)7(13)14;/h4H2,1-3H3,(H,13,14);/q;+1/p-1. The predicted molar refractivity (Wildman–Crippen MR) is 49.2 cm³/mol. The van der Waals surface area contributed by atoms with Crippen molar-refractivity contribution in [2.75, 3.05) is 6.54 Å². The number of ketones is 1. The Balaban J connectivity index is 0.00000196. The van der Waals surface area contributed by atoms with Crippen LogP contribution in [0.4, 0.5) is 0 Å². The second-order valence-corrected chi connectivity index (χ2v) is 4.06. The van der Waals surface area contributed by atoms with Gasteiger partial charge in [0.2, 0.25) is 5.78 Å². The number of rotatable bonds is 1. The van der Waals surface area contributed by atoms with Crippen LogP contribution in [0.15, 0.2) is 9.98 Å². The molecule has 1 aliphatic rings. The fourth-order valence-electron chi connectivity index (χ4n) is 0.990. The van der Waals surface area contributed by atoms with E-state index in [1.54, 1.807) is 0 Å². The summed E-state index contributed by atoms with van der Waals surface area (Å²) in [5, 5.41) is 10.5. The number of carbonyl (C=O) groups is 2. The number of aliphatic imine (C=N–C) groups is 2. The van der Waals surface area contributed by atoms with Gasteiger partial charge in [-0.1, -0.05) is 20.8 Å². The van der Waals surface area contributed by atoms with E-state index < -0.39 is 17.5 Å². The van der Waals surface area contributed by atoms with E-state index in [0.29, 0.717) is 5.84 Å². The van der Waals surface area contributed by atoms with Gasteiger partial charge in [-0.3, -0.25) is 9.79 Å². The monoisotopic (exact) mass is 202 g/mol. The quantitative estimate of drug-likeness (QED) is 0.409. The van der Waals surface area contributed by atoms with Gasteiger partial charge < -0.3 is 9.90 Å². The van der Waals surface area contributed by atoms with Gasteiger partial charge in [0.15, 0.2) is 0 Å². The molecule has 0 aromatic heterocycles. The average Bonchev–Trinajstić information content (AvgIpc) is 2.02. The van der Waals surface area contributed by atoms with Crippen LogP contribution in [-0.4, -0.2) is 29.8 Å². The van der Waals surface area contributed by atoms with Gasteiger partial charge in [0.05, 0.1) is 5.97 Å². The van der Waals surface area contributed by atoms with E-state index in [0.717, 1.165) is 0 Å². The van der Waals surface area contributed by atoms with Crippen LogP contribution < -0.4 is 24.0 Å². The third-order valence-electron chi connectivity index (χ3n) is 1.72. The van der Waals surface area contributed by atoms with Gasteiger partial charge in [-0.15, -0.1) is 0 Å². The predicted octanol–water partition coefficient (Wildman–Crippen LogP) is -3.79. The average molecular weight is 202 g/mol. The molecule has 0 atom stereocenters. The summed E-state index contributed by atoms with van der Waals surface area (Å²) in [5.74, 6) is -1.76. The van der Waals surface area contributed by atoms with Gasteiger partial charge in [0.25, 0.3) is 0 Å². The van der Waals surface area contributed by atoms with Gasteiger partial charge in [-0.2, -0.15) is 0 Å². The van der Waals surface area contributed by atoms with E-state index >= 15 is 0 Å². The maximum atomic E-state index is 11.0. The second-order valence-electron chi connectivity index (χ2n) is 4.06. The van der Waals surface area contributed by atoms with Gasteiger partial charge in [-0.25, -0.2) is 4.99 Å². The van der Waals surface area contributed by atoms with Crippen molar-refractivity contribution >= 4 is 23.3 Å². The van der Waals surface area contributed by atoms with Gasteiger partial charge in [0.1, 0.15) is 18.1 Å². The second kappa shape index (κ2) is 4.73. The van der Waals surface area contributed by atoms with E-state index in [-0.39, 0.29) is 30.8 Å². The Hall–Kier alpha value is -0.923. The molecular formula is C9H11LiN2O3. The topological polar surface area (TPSA) is 81.9 Å². The third-order valence-corrected chi connectivity index (χ3v) is 1.72. The van der Waals surface area contributed by atoms with E-state index in [1.807, 2.05) is 20.8 Å². The minimum absolute atomic E-state index is 0. The maximum absolute atomic E-state index is 11.0. The van der Waals surface area contributed by atoms with Crippen molar-refractivity contribution < 1.29 is 33.6 Å². The number of carbonyl (C=O) groups excluding carboxylic acids is 2. The molecule has 0 aliphatic carbocycles. The number of aliphatic carboxylic acids is 1. The van der Waals surface area contributed by atoms with Crippen molar-refractivity contribution in [3.8, 4) is 0 Å². The Labute approximate surface area is 99.9 Å². The van der Waals surface area contributed by atoms with Gasteiger partial charge >= 0.3 is 18.9 Å². The van der Waals surface area contributed by atoms with E-state index in [2.05, 4.69) is 9.98 Å². The van der Waals surface area contributed by atoms with E-state index in [1.165, 1.54) is 0 Å². The first-order chi connectivity index (χ1) is 6.32. The summed E-state index contributed by atoms with van der Waals surface area (Å²) >= 11 is 0. The number of carboxylic acids is 1. The van der Waals surface area contributed by atoms with Crippen molar-refractivity contribution in [2.45, 2.75) is 20.8 Å². The molecule has 0 bridgehead atoms. The Morgan fingerprint density at radius 2 is 1.93 bits per heavy atom. The van der Waals surface area contributed by atoms with Crippen molar-refractivity contribution in [3.05, 3.63) is 0 Å². The summed E-state index contributed by atoms with van der Waals surface area (Å²) in [6.45, 7) is 5.38. The molecule has 0 saturated heterocycles. The van der Waals surface area contributed by atoms with Crippen LogP contribution in [0.3, 0.4) is 0 Å². The van der Waals surface area contributed by atoms with Crippen LogP contribution in [0, 0.1) is 5.41 Å². The normalized spacial score (nSPS) is 16.3. The molecule has 1 heterocycles. The Kier molecular flexibility index (Phi) is 4.44. The van der Waals surface area contributed by atoms with Crippen molar-refractivity contribution in [1.29, 1.82) is 0 Å². The molecule has 0 spiro atoms. The summed E-state index contributed by atoms with van der Waals surface area (Å²) < 4.78 is 0. The number of nitrogens with zero attached hydrogens (tertiary/aromatic N) is 2. The molecule has 5 nitrogen and oxygen atoms in total. The van der Waals surface area contributed by atoms with Crippen LogP contribution in [0.2, 0.25) is 0 Å². The fraction of sp³-hybridized carbons (Fsp3) is 0.556. The van der Waals surface area contributed by atoms with Crippen LogP contribution in [0.5, 0.6) is 0 Å². The van der Waals surface area contributed by atoms with Crippen molar-refractivity contribution in [1.82, 2.24) is 0 Å². The number of amidine groups is 1. The molecule has 0 unspecified atom stereocenters. The first-order valence-corrected chi connectivity index (χ1v) is 4.20. The summed E-state index contributed by atoms with van der Waals surface area (Å²) in [4.78, 5) is 29.2. The fourth-order valence-corrected chi connectivity index (χ4v) is 0.990. The molecule has 0 aromatic rings. The minimum atomic E-state index is -1.54. The largest absolute Gasteiger partial charge is 1.00 e. The Morgan fingerprint density at radius 3 is 2.33 bits per heavy atom. The molecule has 1 aliphatic heterocycles. The summed E-state index contributed by atoms with van der Waals surface area (Å²) in [7, 11) is 0. The SMILES string of the molecule is CC(C)(C)C1=NCC(=O)C(C(=O)[O-])=N1.[Li+]. The van der Waals surface area contributed by atoms with Crippen molar-refractivity contribution in [3.63, 3.8) is 0 Å². The Morgan fingerprint density at radius 1 is 1.40 bits per heavy atom. The van der Waals surface area contributed by atoms with Gasteiger partial charge in [0, 0.05) is 5.41 Å². The molecule has 1 rings (SSSR count). The molecule has 0 amide bonds. The Bertz CT molecular complexity index is 353. The number of carboxylic acid groups (broad SMARTS) is 1. The smallest absolute Gasteiger partial charge is 0.543 e. The van der Waals surface area contributed by atoms with Crippen LogP contribution in [0.25, 0.3) is 0 Å². The number of hydrogen-bond donors (Lipinski definition) is 0. The van der Waals surface area contributed by atoms with Gasteiger partial charge in [-0.05, 0) is 0 Å². The molecule has 0 fully saturated rings. The van der Waals surface area contributed by atoms with Crippen LogP contribution in [-0.2, 0) is 9.59 Å². The molecule has 0 saturated carbocycles. The zero-order chi connectivity index (χ0) is 10.9. The zero-order valence-electron chi connectivity index (χ0n) is 9.33. The number of hydrogen-bond acceptors (Lipinski definition) is 5. The first-order valence-electron chi connectivity index (χ1n) is 4.20. The van der Waals surface area contributed by atoms with Crippen LogP contribution >= 0.6 is 0 Å². The van der Waals surface area contributed by atoms with E-state index in [4.69, 9.17) is 0 Å².